The highest BCUT2D eigenvalue weighted by molar-refractivity contribution is 7.98. The standard InChI is InChI=1S/C23H30N6O4S2/c1-17-13-22(28-27-17)25-19-14-21(24-7-10-32-2)26-23(15-19)34-16-18-3-5-20(6-4-18)35(30,31)29-8-11-33-12-9-29/h3-6,13-15H,7-12,16H2,1-2H3,(H3,24,25,26,27,28). The molecule has 0 unspecified atom stereocenters. The van der Waals surface area contributed by atoms with Gasteiger partial charge in [0.1, 0.15) is 10.8 Å². The molecule has 3 heterocycles. The van der Waals surface area contributed by atoms with Gasteiger partial charge in [0.05, 0.1) is 24.7 Å². The number of aromatic amines is 1. The summed E-state index contributed by atoms with van der Waals surface area (Å²) in [6.07, 6.45) is 0. The molecule has 0 saturated carbocycles. The minimum absolute atomic E-state index is 0.302. The number of hydrogen-bond acceptors (Lipinski definition) is 9. The van der Waals surface area contributed by atoms with Crippen molar-refractivity contribution in [2.45, 2.75) is 22.6 Å². The third kappa shape index (κ3) is 6.95. The predicted octanol–water partition coefficient (Wildman–Crippen LogP) is 3.23. The first-order chi connectivity index (χ1) is 16.9. The monoisotopic (exact) mass is 518 g/mol. The quantitative estimate of drug-likeness (QED) is 0.259. The number of H-pyrrole nitrogens is 1. The van der Waals surface area contributed by atoms with E-state index in [4.69, 9.17) is 14.5 Å². The van der Waals surface area contributed by atoms with E-state index >= 15 is 0 Å². The zero-order chi connectivity index (χ0) is 24.7. The van der Waals surface area contributed by atoms with Crippen LogP contribution in [0.15, 0.2) is 52.4 Å². The van der Waals surface area contributed by atoms with Crippen molar-refractivity contribution < 1.29 is 17.9 Å². The number of pyridine rings is 1. The number of aryl methyl sites for hydroxylation is 1. The average molecular weight is 519 g/mol. The highest BCUT2D eigenvalue weighted by Gasteiger charge is 2.26. The third-order valence-corrected chi connectivity index (χ3v) is 8.21. The van der Waals surface area contributed by atoms with E-state index < -0.39 is 10.0 Å². The predicted molar refractivity (Wildman–Crippen MR) is 137 cm³/mol. The Morgan fingerprint density at radius 3 is 2.60 bits per heavy atom. The summed E-state index contributed by atoms with van der Waals surface area (Å²) in [6, 6.07) is 12.9. The number of nitrogens with one attached hydrogen (secondary N) is 3. The fourth-order valence-electron chi connectivity index (χ4n) is 3.50. The Hall–Kier alpha value is -2.64. The van der Waals surface area contributed by atoms with Crippen LogP contribution in [0.3, 0.4) is 0 Å². The second kappa shape index (κ2) is 11.9. The van der Waals surface area contributed by atoms with E-state index in [0.717, 1.165) is 33.6 Å². The maximum Gasteiger partial charge on any atom is 0.243 e. The van der Waals surface area contributed by atoms with Gasteiger partial charge in [-0.2, -0.15) is 9.40 Å². The lowest BCUT2D eigenvalue weighted by molar-refractivity contribution is 0.0730. The summed E-state index contributed by atoms with van der Waals surface area (Å²) in [6.45, 7) is 4.77. The van der Waals surface area contributed by atoms with Crippen molar-refractivity contribution in [1.29, 1.82) is 0 Å². The highest BCUT2D eigenvalue weighted by atomic mass is 32.2. The number of ether oxygens (including phenoxy) is 2. The molecule has 3 N–H and O–H groups in total. The molecule has 0 aliphatic carbocycles. The molecule has 3 aromatic rings. The molecule has 1 fully saturated rings. The van der Waals surface area contributed by atoms with Crippen LogP contribution >= 0.6 is 11.8 Å². The number of rotatable bonds is 11. The number of morpholine rings is 1. The molecule has 12 heteroatoms. The summed E-state index contributed by atoms with van der Waals surface area (Å²) in [5, 5.41) is 14.6. The Morgan fingerprint density at radius 1 is 1.14 bits per heavy atom. The van der Waals surface area contributed by atoms with Gasteiger partial charge >= 0.3 is 0 Å². The van der Waals surface area contributed by atoms with Crippen LogP contribution in [0.25, 0.3) is 0 Å². The zero-order valence-electron chi connectivity index (χ0n) is 19.8. The van der Waals surface area contributed by atoms with Crippen molar-refractivity contribution in [3.05, 3.63) is 53.7 Å². The first kappa shape index (κ1) is 25.5. The Morgan fingerprint density at radius 2 is 1.91 bits per heavy atom. The molecule has 0 atom stereocenters. The molecule has 1 aromatic carbocycles. The highest BCUT2D eigenvalue weighted by Crippen LogP contribution is 2.28. The molecule has 10 nitrogen and oxygen atoms in total. The second-order valence-electron chi connectivity index (χ2n) is 8.01. The number of sulfonamides is 1. The number of benzene rings is 1. The molecule has 0 amide bonds. The summed E-state index contributed by atoms with van der Waals surface area (Å²) in [4.78, 5) is 5.00. The molecular formula is C23H30N6O4S2. The molecule has 1 aliphatic rings. The van der Waals surface area contributed by atoms with Crippen LogP contribution in [-0.2, 0) is 25.2 Å². The first-order valence-electron chi connectivity index (χ1n) is 11.3. The molecule has 0 spiro atoms. The Balaban J connectivity index is 1.44. The molecular weight excluding hydrogens is 488 g/mol. The van der Waals surface area contributed by atoms with Gasteiger partial charge in [0.15, 0.2) is 5.82 Å². The Bertz CT molecular complexity index is 1210. The molecule has 188 valence electrons. The Labute approximate surface area is 209 Å². The number of hydrogen-bond donors (Lipinski definition) is 3. The van der Waals surface area contributed by atoms with E-state index in [-0.39, 0.29) is 0 Å². The summed E-state index contributed by atoms with van der Waals surface area (Å²) < 4.78 is 37.5. The topological polar surface area (TPSA) is 121 Å². The third-order valence-electron chi connectivity index (χ3n) is 5.31. The lowest BCUT2D eigenvalue weighted by Gasteiger charge is -2.26. The van der Waals surface area contributed by atoms with Crippen molar-refractivity contribution in [2.24, 2.45) is 0 Å². The Kier molecular flexibility index (Phi) is 8.63. The van der Waals surface area contributed by atoms with E-state index in [1.165, 1.54) is 4.31 Å². The van der Waals surface area contributed by atoms with E-state index in [2.05, 4.69) is 20.8 Å². The maximum atomic E-state index is 12.8. The van der Waals surface area contributed by atoms with E-state index in [0.29, 0.717) is 50.1 Å². The van der Waals surface area contributed by atoms with Crippen LogP contribution in [0, 0.1) is 6.92 Å². The van der Waals surface area contributed by atoms with Gasteiger partial charge in [-0.25, -0.2) is 13.4 Å². The molecule has 2 aromatic heterocycles. The lowest BCUT2D eigenvalue weighted by Crippen LogP contribution is -2.40. The van der Waals surface area contributed by atoms with Gasteiger partial charge in [-0.1, -0.05) is 12.1 Å². The van der Waals surface area contributed by atoms with Gasteiger partial charge in [0.25, 0.3) is 0 Å². The number of anilines is 3. The van der Waals surface area contributed by atoms with Gasteiger partial charge < -0.3 is 20.1 Å². The summed E-state index contributed by atoms with van der Waals surface area (Å²) in [5.41, 5.74) is 2.84. The van der Waals surface area contributed by atoms with Crippen molar-refractivity contribution in [2.75, 3.05) is 57.2 Å². The molecule has 1 aliphatic heterocycles. The van der Waals surface area contributed by atoms with Crippen LogP contribution in [0.4, 0.5) is 17.3 Å². The minimum Gasteiger partial charge on any atom is -0.383 e. The normalized spacial score (nSPS) is 14.7. The van der Waals surface area contributed by atoms with Crippen molar-refractivity contribution in [3.63, 3.8) is 0 Å². The first-order valence-corrected chi connectivity index (χ1v) is 13.7. The molecule has 0 bridgehead atoms. The van der Waals surface area contributed by atoms with Gasteiger partial charge in [0.2, 0.25) is 10.0 Å². The van der Waals surface area contributed by atoms with Crippen LogP contribution in [0.5, 0.6) is 0 Å². The molecule has 35 heavy (non-hydrogen) atoms. The van der Waals surface area contributed by atoms with Crippen LogP contribution < -0.4 is 10.6 Å². The zero-order valence-corrected chi connectivity index (χ0v) is 21.4. The van der Waals surface area contributed by atoms with Crippen molar-refractivity contribution >= 4 is 39.1 Å². The number of nitrogens with zero attached hydrogens (tertiary/aromatic N) is 3. The minimum atomic E-state index is -3.50. The van der Waals surface area contributed by atoms with E-state index in [1.807, 2.05) is 37.3 Å². The summed E-state index contributed by atoms with van der Waals surface area (Å²) in [5.74, 6) is 2.10. The van der Waals surface area contributed by atoms with Crippen molar-refractivity contribution in [3.8, 4) is 0 Å². The molecule has 0 radical (unpaired) electrons. The van der Waals surface area contributed by atoms with Gasteiger partial charge in [-0.3, -0.25) is 5.10 Å². The van der Waals surface area contributed by atoms with E-state index in [9.17, 15) is 8.42 Å². The maximum absolute atomic E-state index is 12.8. The van der Waals surface area contributed by atoms with Crippen LogP contribution in [-0.4, -0.2) is 74.5 Å². The fraction of sp³-hybridized carbons (Fsp3) is 0.391. The number of thioether (sulfide) groups is 1. The molecule has 1 saturated heterocycles. The van der Waals surface area contributed by atoms with Crippen LogP contribution in [0.1, 0.15) is 11.3 Å². The van der Waals surface area contributed by atoms with Crippen molar-refractivity contribution in [1.82, 2.24) is 19.5 Å². The van der Waals surface area contributed by atoms with Gasteiger partial charge in [0, 0.05) is 56.0 Å². The van der Waals surface area contributed by atoms with Gasteiger partial charge in [-0.05, 0) is 30.7 Å². The summed E-state index contributed by atoms with van der Waals surface area (Å²) in [7, 11) is -1.84. The van der Waals surface area contributed by atoms with E-state index in [1.54, 1.807) is 31.0 Å². The summed E-state index contributed by atoms with van der Waals surface area (Å²) >= 11 is 1.57. The lowest BCUT2D eigenvalue weighted by atomic mass is 10.2. The van der Waals surface area contributed by atoms with Crippen LogP contribution in [0.2, 0.25) is 0 Å². The molecule has 4 rings (SSSR count). The smallest absolute Gasteiger partial charge is 0.243 e. The SMILES string of the molecule is COCCNc1cc(Nc2cc(C)[nH]n2)cc(SCc2ccc(S(=O)(=O)N3CCOCC3)cc2)n1. The number of methoxy groups -OCH3 is 1. The average Bonchev–Trinajstić information content (AvgIpc) is 3.28. The number of aromatic nitrogens is 3. The fourth-order valence-corrected chi connectivity index (χ4v) is 5.79. The van der Waals surface area contributed by atoms with Gasteiger partial charge in [-0.15, -0.1) is 11.8 Å². The largest absolute Gasteiger partial charge is 0.383 e. The second-order valence-corrected chi connectivity index (χ2v) is 10.9.